The number of hydrogen-bond acceptors (Lipinski definition) is 1. The van der Waals surface area contributed by atoms with Gasteiger partial charge in [0.1, 0.15) is 0 Å². The van der Waals surface area contributed by atoms with Gasteiger partial charge in [-0.25, -0.2) is 4.85 Å². The summed E-state index contributed by atoms with van der Waals surface area (Å²) < 4.78 is 6.96. The van der Waals surface area contributed by atoms with Crippen molar-refractivity contribution in [1.82, 2.24) is 13.7 Å². The fourth-order valence-electron chi connectivity index (χ4n) is 8.75. The first-order valence-electron chi connectivity index (χ1n) is 18.3. The predicted octanol–water partition coefficient (Wildman–Crippen LogP) is 13.1. The lowest BCUT2D eigenvalue weighted by atomic mass is 9.99. The Kier molecular flexibility index (Phi) is 6.61. The van der Waals surface area contributed by atoms with Gasteiger partial charge in [-0.15, -0.1) is 0 Å². The molecule has 55 heavy (non-hydrogen) atoms. The van der Waals surface area contributed by atoms with Crippen LogP contribution >= 0.6 is 0 Å². The molecule has 0 N–H and O–H groups in total. The van der Waals surface area contributed by atoms with Gasteiger partial charge < -0.3 is 13.7 Å². The Morgan fingerprint density at radius 1 is 0.436 bits per heavy atom. The molecule has 0 bridgehead atoms. The van der Waals surface area contributed by atoms with Crippen LogP contribution in [0.5, 0.6) is 0 Å². The number of rotatable bonds is 4. The van der Waals surface area contributed by atoms with Crippen molar-refractivity contribution in [2.45, 2.75) is 0 Å². The molecule has 0 fully saturated rings. The summed E-state index contributed by atoms with van der Waals surface area (Å²) in [4.78, 5) is 3.67. The third-order valence-electron chi connectivity index (χ3n) is 11.1. The predicted molar refractivity (Wildman–Crippen MR) is 226 cm³/mol. The molecule has 0 unspecified atom stereocenters. The first-order valence-corrected chi connectivity index (χ1v) is 18.3. The minimum Gasteiger partial charge on any atom is -0.309 e. The normalized spacial score (nSPS) is 11.6. The van der Waals surface area contributed by atoms with Gasteiger partial charge in [-0.1, -0.05) is 109 Å². The maximum atomic E-state index is 10.5. The van der Waals surface area contributed by atoms with Crippen LogP contribution < -0.4 is 0 Å². The molecule has 3 heterocycles. The maximum Gasteiger partial charge on any atom is 0.188 e. The Morgan fingerprint density at radius 3 is 1.60 bits per heavy atom. The molecule has 0 saturated heterocycles. The number of aromatic nitrogens is 3. The molecule has 0 spiro atoms. The summed E-state index contributed by atoms with van der Waals surface area (Å²) >= 11 is 0. The highest BCUT2D eigenvalue weighted by Crippen LogP contribution is 2.40. The van der Waals surface area contributed by atoms with Crippen LogP contribution in [0.4, 0.5) is 5.69 Å². The Labute approximate surface area is 316 Å². The number of hydrogen-bond donors (Lipinski definition) is 0. The first kappa shape index (κ1) is 30.7. The lowest BCUT2D eigenvalue weighted by Crippen LogP contribution is -2.00. The fraction of sp³-hybridized carbons (Fsp3) is 0. The average molecular weight is 700 g/mol. The van der Waals surface area contributed by atoms with Gasteiger partial charge in [0.15, 0.2) is 5.69 Å². The van der Waals surface area contributed by atoms with Crippen LogP contribution in [-0.4, -0.2) is 13.7 Å². The SMILES string of the molecule is [C-]#[N+]c1ccc2c(c1)c1ccccc1n2-c1ccc(-c2ccc(-n3c4ccccc4c4cccc(-n5c6ccccc6c6ccccc65)c43)cc2)c(C#N)c1. The van der Waals surface area contributed by atoms with Crippen molar-refractivity contribution >= 4 is 71.1 Å². The van der Waals surface area contributed by atoms with Gasteiger partial charge in [0, 0.05) is 38.3 Å². The summed E-state index contributed by atoms with van der Waals surface area (Å²) in [6, 6.07) is 63.8. The Morgan fingerprint density at radius 2 is 0.964 bits per heavy atom. The number of fused-ring (bicyclic) bond motifs is 9. The molecule has 5 nitrogen and oxygen atoms in total. The van der Waals surface area contributed by atoms with Crippen molar-refractivity contribution in [2.75, 3.05) is 0 Å². The van der Waals surface area contributed by atoms with E-state index in [0.717, 1.165) is 61.0 Å². The van der Waals surface area contributed by atoms with Gasteiger partial charge in [-0.2, -0.15) is 5.26 Å². The Hall–Kier alpha value is -7.86. The van der Waals surface area contributed by atoms with E-state index in [-0.39, 0.29) is 0 Å². The highest BCUT2D eigenvalue weighted by Gasteiger charge is 2.20. The first-order chi connectivity index (χ1) is 27.2. The lowest BCUT2D eigenvalue weighted by molar-refractivity contribution is 1.13. The van der Waals surface area contributed by atoms with Gasteiger partial charge in [-0.05, 0) is 83.2 Å². The van der Waals surface area contributed by atoms with E-state index in [4.69, 9.17) is 6.57 Å². The van der Waals surface area contributed by atoms with Crippen molar-refractivity contribution in [1.29, 1.82) is 5.26 Å². The van der Waals surface area contributed by atoms with Gasteiger partial charge in [0.2, 0.25) is 0 Å². The molecule has 0 atom stereocenters. The van der Waals surface area contributed by atoms with Gasteiger partial charge in [-0.3, -0.25) is 0 Å². The van der Waals surface area contributed by atoms with Crippen LogP contribution in [0.1, 0.15) is 5.56 Å². The molecule has 0 aliphatic rings. The molecule has 0 aliphatic heterocycles. The monoisotopic (exact) mass is 699 g/mol. The molecule has 0 amide bonds. The van der Waals surface area contributed by atoms with Gasteiger partial charge in [0.05, 0.1) is 57.0 Å². The van der Waals surface area contributed by atoms with E-state index >= 15 is 0 Å². The summed E-state index contributed by atoms with van der Waals surface area (Å²) in [5, 5.41) is 17.5. The van der Waals surface area contributed by atoms with Crippen LogP contribution in [0.15, 0.2) is 176 Å². The summed E-state index contributed by atoms with van der Waals surface area (Å²) in [5.41, 5.74) is 12.8. The van der Waals surface area contributed by atoms with Crippen LogP contribution in [0.2, 0.25) is 0 Å². The average Bonchev–Trinajstić information content (AvgIpc) is 3.89. The van der Waals surface area contributed by atoms with Crippen LogP contribution in [0.3, 0.4) is 0 Å². The zero-order valence-corrected chi connectivity index (χ0v) is 29.5. The standard InChI is InChI=1S/C50H29N5/c1-52-34-23-28-48-43(30-34)41-14-5-6-16-44(41)53(48)36-26-27-37(33(29-36)31-51)32-21-24-35(25-22-32)54-45-17-7-4-13-40(45)42-15-10-20-49(50(42)54)55-46-18-8-2-11-38(46)39-12-3-9-19-47(39)55/h2-30H. The highest BCUT2D eigenvalue weighted by atomic mass is 15.1. The van der Waals surface area contributed by atoms with Crippen molar-refractivity contribution in [3.05, 3.63) is 193 Å². The second kappa shape index (κ2) is 11.8. The van der Waals surface area contributed by atoms with Crippen molar-refractivity contribution < 1.29 is 0 Å². The van der Waals surface area contributed by atoms with Crippen molar-refractivity contribution in [3.8, 4) is 34.3 Å². The molecule has 5 heteroatoms. The second-order valence-electron chi connectivity index (χ2n) is 13.9. The minimum atomic E-state index is 0.597. The fourth-order valence-corrected chi connectivity index (χ4v) is 8.75. The van der Waals surface area contributed by atoms with Gasteiger partial charge in [0.25, 0.3) is 0 Å². The molecule has 254 valence electrons. The molecule has 8 aromatic carbocycles. The Balaban J connectivity index is 1.07. The molecule has 0 aliphatic carbocycles. The summed E-state index contributed by atoms with van der Waals surface area (Å²) in [7, 11) is 0. The van der Waals surface area contributed by atoms with Crippen molar-refractivity contribution in [2.24, 2.45) is 0 Å². The van der Waals surface area contributed by atoms with E-state index in [9.17, 15) is 5.26 Å². The second-order valence-corrected chi connectivity index (χ2v) is 13.9. The molecule has 0 radical (unpaired) electrons. The van der Waals surface area contributed by atoms with E-state index in [0.29, 0.717) is 11.3 Å². The highest BCUT2D eigenvalue weighted by molar-refractivity contribution is 6.15. The Bertz CT molecular complexity index is 3400. The van der Waals surface area contributed by atoms with E-state index in [1.807, 2.05) is 36.4 Å². The zero-order valence-electron chi connectivity index (χ0n) is 29.5. The number of nitriles is 1. The number of benzene rings is 8. The van der Waals surface area contributed by atoms with Gasteiger partial charge >= 0.3 is 0 Å². The topological polar surface area (TPSA) is 42.9 Å². The third kappa shape index (κ3) is 4.45. The number of para-hydroxylation sites is 5. The zero-order chi connectivity index (χ0) is 36.6. The van der Waals surface area contributed by atoms with E-state index in [2.05, 4.69) is 164 Å². The molecule has 3 aromatic heterocycles. The molecule has 0 saturated carbocycles. The van der Waals surface area contributed by atoms with E-state index in [1.54, 1.807) is 0 Å². The lowest BCUT2D eigenvalue weighted by Gasteiger charge is -2.15. The maximum absolute atomic E-state index is 10.5. The van der Waals surface area contributed by atoms with Crippen LogP contribution in [0, 0.1) is 17.9 Å². The molecule has 11 rings (SSSR count). The van der Waals surface area contributed by atoms with E-state index < -0.39 is 0 Å². The minimum absolute atomic E-state index is 0.597. The number of nitrogens with zero attached hydrogens (tertiary/aromatic N) is 5. The summed E-state index contributed by atoms with van der Waals surface area (Å²) in [5.74, 6) is 0. The quantitative estimate of drug-likeness (QED) is 0.169. The molecular formula is C50H29N5. The largest absolute Gasteiger partial charge is 0.309 e. The summed E-state index contributed by atoms with van der Waals surface area (Å²) in [6.07, 6.45) is 0. The van der Waals surface area contributed by atoms with Crippen LogP contribution in [0.25, 0.3) is 98.5 Å². The van der Waals surface area contributed by atoms with Crippen LogP contribution in [-0.2, 0) is 0 Å². The van der Waals surface area contributed by atoms with Crippen molar-refractivity contribution in [3.63, 3.8) is 0 Å². The van der Waals surface area contributed by atoms with E-state index in [1.165, 1.54) is 32.6 Å². The summed E-state index contributed by atoms with van der Waals surface area (Å²) in [6.45, 7) is 7.55. The molecular weight excluding hydrogens is 671 g/mol. The molecule has 11 aromatic rings. The third-order valence-corrected chi connectivity index (χ3v) is 11.1. The smallest absolute Gasteiger partial charge is 0.188 e.